The van der Waals surface area contributed by atoms with Gasteiger partial charge in [0.1, 0.15) is 11.6 Å². The fourth-order valence-electron chi connectivity index (χ4n) is 1.63. The van der Waals surface area contributed by atoms with Crippen molar-refractivity contribution in [1.82, 2.24) is 4.98 Å². The monoisotopic (exact) mass is 281 g/mol. The molecule has 0 saturated carbocycles. The molecule has 2 aromatic rings. The molecule has 0 aliphatic rings. The lowest BCUT2D eigenvalue weighted by Crippen LogP contribution is -1.95. The number of nitrogens with zero attached hydrogens (tertiary/aromatic N) is 1. The molecular weight excluding hydrogens is 269 g/mol. The first-order valence-electron chi connectivity index (χ1n) is 5.69. The van der Waals surface area contributed by atoms with Crippen LogP contribution in [-0.2, 0) is 17.2 Å². The Kier molecular flexibility index (Phi) is 4.71. The molecule has 1 aromatic heterocycles. The molecule has 5 heteroatoms. The Morgan fingerprint density at radius 1 is 1.32 bits per heavy atom. The van der Waals surface area contributed by atoms with Crippen molar-refractivity contribution in [2.75, 3.05) is 7.11 Å². The second-order valence-electron chi connectivity index (χ2n) is 3.93. The number of hydrogen-bond acceptors (Lipinski definition) is 3. The highest BCUT2D eigenvalue weighted by Crippen LogP contribution is 2.25. The Morgan fingerprint density at radius 3 is 2.89 bits per heavy atom. The summed E-state index contributed by atoms with van der Waals surface area (Å²) in [4.78, 5) is 3.91. The third-order valence-corrected chi connectivity index (χ3v) is 2.75. The van der Waals surface area contributed by atoms with Gasteiger partial charge in [-0.25, -0.2) is 9.37 Å². The summed E-state index contributed by atoms with van der Waals surface area (Å²) in [5, 5.41) is 0. The number of aromatic nitrogens is 1. The molecule has 100 valence electrons. The zero-order valence-corrected chi connectivity index (χ0v) is 11.2. The van der Waals surface area contributed by atoms with Gasteiger partial charge in [-0.2, -0.15) is 0 Å². The lowest BCUT2D eigenvalue weighted by atomic mass is 10.2. The second kappa shape index (κ2) is 6.50. The van der Waals surface area contributed by atoms with E-state index in [1.165, 1.54) is 6.07 Å². The van der Waals surface area contributed by atoms with Crippen LogP contribution in [0.25, 0.3) is 0 Å². The topological polar surface area (TPSA) is 31.4 Å². The molecule has 0 saturated heterocycles. The average Bonchev–Trinajstić information content (AvgIpc) is 2.41. The first-order chi connectivity index (χ1) is 9.22. The first kappa shape index (κ1) is 13.8. The van der Waals surface area contributed by atoms with Gasteiger partial charge < -0.3 is 9.47 Å². The van der Waals surface area contributed by atoms with Gasteiger partial charge in [0.15, 0.2) is 0 Å². The summed E-state index contributed by atoms with van der Waals surface area (Å²) in [5.41, 5.74) is 1.49. The van der Waals surface area contributed by atoms with Gasteiger partial charge in [-0.3, -0.25) is 0 Å². The van der Waals surface area contributed by atoms with E-state index in [-0.39, 0.29) is 5.88 Å². The Morgan fingerprint density at radius 2 is 2.16 bits per heavy atom. The van der Waals surface area contributed by atoms with Crippen molar-refractivity contribution >= 4 is 11.6 Å². The maximum Gasteiger partial charge on any atom is 0.223 e. The number of benzene rings is 1. The quantitative estimate of drug-likeness (QED) is 0.779. The molecule has 0 fully saturated rings. The number of alkyl halides is 1. The van der Waals surface area contributed by atoms with Gasteiger partial charge in [0, 0.05) is 12.7 Å². The van der Waals surface area contributed by atoms with Crippen LogP contribution in [0.15, 0.2) is 36.5 Å². The van der Waals surface area contributed by atoms with E-state index < -0.39 is 5.82 Å². The molecular formula is C14H13ClFNO2. The summed E-state index contributed by atoms with van der Waals surface area (Å²) in [7, 11) is 1.63. The Balaban J connectivity index is 2.23. The van der Waals surface area contributed by atoms with Crippen molar-refractivity contribution in [3.63, 3.8) is 0 Å². The molecule has 0 amide bonds. The van der Waals surface area contributed by atoms with Crippen LogP contribution in [-0.4, -0.2) is 12.1 Å². The molecule has 3 nitrogen and oxygen atoms in total. The van der Waals surface area contributed by atoms with E-state index >= 15 is 0 Å². The third kappa shape index (κ3) is 3.66. The fourth-order valence-corrected chi connectivity index (χ4v) is 1.82. The molecule has 0 spiro atoms. The van der Waals surface area contributed by atoms with E-state index in [0.717, 1.165) is 11.8 Å². The molecule has 0 atom stereocenters. The number of hydrogen-bond donors (Lipinski definition) is 0. The number of ether oxygens (including phenoxy) is 2. The summed E-state index contributed by atoms with van der Waals surface area (Å²) in [6, 6.07) is 8.73. The summed E-state index contributed by atoms with van der Waals surface area (Å²) in [5.74, 6) is 0.625. The van der Waals surface area contributed by atoms with Gasteiger partial charge in [-0.05, 0) is 23.8 Å². The van der Waals surface area contributed by atoms with Crippen molar-refractivity contribution in [3.05, 3.63) is 53.5 Å². The van der Waals surface area contributed by atoms with Crippen LogP contribution in [0.4, 0.5) is 4.39 Å². The minimum absolute atomic E-state index is 0.137. The Labute approximate surface area is 115 Å². The van der Waals surface area contributed by atoms with Gasteiger partial charge >= 0.3 is 0 Å². The number of pyridine rings is 1. The van der Waals surface area contributed by atoms with Gasteiger partial charge in [-0.1, -0.05) is 12.1 Å². The molecule has 0 aliphatic heterocycles. The number of rotatable bonds is 5. The van der Waals surface area contributed by atoms with Crippen molar-refractivity contribution in [1.29, 1.82) is 0 Å². The largest absolute Gasteiger partial charge is 0.439 e. The van der Waals surface area contributed by atoms with Crippen LogP contribution in [0.3, 0.4) is 0 Å². The standard InChI is InChI=1S/C14H13ClFNO2/c1-18-9-10-3-2-4-13(5-10)19-14-11(7-15)6-12(16)8-17-14/h2-6,8H,7,9H2,1H3. The normalized spacial score (nSPS) is 10.5. The third-order valence-electron chi connectivity index (χ3n) is 2.46. The number of methoxy groups -OCH3 is 1. The van der Waals surface area contributed by atoms with Crippen molar-refractivity contribution in [3.8, 4) is 11.6 Å². The van der Waals surface area contributed by atoms with Gasteiger partial charge in [0.05, 0.1) is 18.7 Å². The van der Waals surface area contributed by atoms with Crippen molar-refractivity contribution < 1.29 is 13.9 Å². The molecule has 0 aliphatic carbocycles. The highest BCUT2D eigenvalue weighted by Gasteiger charge is 2.08. The van der Waals surface area contributed by atoms with E-state index in [1.807, 2.05) is 18.2 Å². The molecule has 0 bridgehead atoms. The average molecular weight is 282 g/mol. The number of halogens is 2. The van der Waals surface area contributed by atoms with Gasteiger partial charge in [-0.15, -0.1) is 11.6 Å². The molecule has 19 heavy (non-hydrogen) atoms. The van der Waals surface area contributed by atoms with E-state index in [2.05, 4.69) is 4.98 Å². The smallest absolute Gasteiger partial charge is 0.223 e. The van der Waals surface area contributed by atoms with E-state index in [9.17, 15) is 4.39 Å². The van der Waals surface area contributed by atoms with Crippen LogP contribution in [0.1, 0.15) is 11.1 Å². The molecule has 0 N–H and O–H groups in total. The summed E-state index contributed by atoms with van der Waals surface area (Å²) in [6.07, 6.45) is 1.10. The maximum absolute atomic E-state index is 13.0. The fraction of sp³-hybridized carbons (Fsp3) is 0.214. The highest BCUT2D eigenvalue weighted by atomic mass is 35.5. The van der Waals surface area contributed by atoms with Gasteiger partial charge in [0.2, 0.25) is 5.88 Å². The first-order valence-corrected chi connectivity index (χ1v) is 6.22. The SMILES string of the molecule is COCc1cccc(Oc2ncc(F)cc2CCl)c1. The highest BCUT2D eigenvalue weighted by molar-refractivity contribution is 6.17. The molecule has 2 rings (SSSR count). The lowest BCUT2D eigenvalue weighted by Gasteiger charge is -2.09. The van der Waals surface area contributed by atoms with E-state index in [1.54, 1.807) is 13.2 Å². The van der Waals surface area contributed by atoms with Crippen LogP contribution >= 0.6 is 11.6 Å². The Bertz CT molecular complexity index is 563. The van der Waals surface area contributed by atoms with Gasteiger partial charge in [0.25, 0.3) is 0 Å². The molecule has 1 aromatic carbocycles. The van der Waals surface area contributed by atoms with E-state index in [4.69, 9.17) is 21.1 Å². The second-order valence-corrected chi connectivity index (χ2v) is 4.20. The maximum atomic E-state index is 13.0. The Hall–Kier alpha value is -1.65. The van der Waals surface area contributed by atoms with Crippen molar-refractivity contribution in [2.45, 2.75) is 12.5 Å². The molecule has 0 radical (unpaired) electrons. The predicted octanol–water partition coefficient (Wildman–Crippen LogP) is 3.90. The lowest BCUT2D eigenvalue weighted by molar-refractivity contribution is 0.184. The summed E-state index contributed by atoms with van der Waals surface area (Å²) >= 11 is 5.74. The summed E-state index contributed by atoms with van der Waals surface area (Å²) in [6.45, 7) is 0.496. The minimum Gasteiger partial charge on any atom is -0.439 e. The van der Waals surface area contributed by atoms with Crippen LogP contribution in [0, 0.1) is 5.82 Å². The zero-order chi connectivity index (χ0) is 13.7. The minimum atomic E-state index is -0.434. The van der Waals surface area contributed by atoms with Crippen LogP contribution in [0.2, 0.25) is 0 Å². The predicted molar refractivity (Wildman–Crippen MR) is 71.0 cm³/mol. The molecule has 1 heterocycles. The molecule has 0 unspecified atom stereocenters. The zero-order valence-electron chi connectivity index (χ0n) is 10.4. The summed E-state index contributed by atoms with van der Waals surface area (Å²) < 4.78 is 23.7. The van der Waals surface area contributed by atoms with Crippen molar-refractivity contribution in [2.24, 2.45) is 0 Å². The van der Waals surface area contributed by atoms with E-state index in [0.29, 0.717) is 23.8 Å². The van der Waals surface area contributed by atoms with Crippen LogP contribution < -0.4 is 4.74 Å². The van der Waals surface area contributed by atoms with Crippen LogP contribution in [0.5, 0.6) is 11.6 Å².